The van der Waals surface area contributed by atoms with Gasteiger partial charge in [-0.3, -0.25) is 0 Å². The molecule has 0 fully saturated rings. The molecule has 0 aliphatic heterocycles. The van der Waals surface area contributed by atoms with E-state index in [0.29, 0.717) is 12.1 Å². The summed E-state index contributed by atoms with van der Waals surface area (Å²) in [4.78, 5) is -0.193. The van der Waals surface area contributed by atoms with Crippen LogP contribution >= 0.6 is 12.6 Å². The Labute approximate surface area is 82.4 Å². The molecular formula is C8H3F4NS. The Morgan fingerprint density at radius 1 is 1.29 bits per heavy atom. The minimum Gasteiger partial charge on any atom is -0.206 e. The second-order valence-electron chi connectivity index (χ2n) is 2.46. The maximum absolute atomic E-state index is 12.8. The number of nitrogens with zero attached hydrogens (tertiary/aromatic N) is 1. The maximum Gasteiger partial charge on any atom is 0.419 e. The molecule has 1 aromatic carbocycles. The first kappa shape index (κ1) is 10.9. The molecule has 74 valence electrons. The van der Waals surface area contributed by atoms with Crippen LogP contribution in [0.15, 0.2) is 17.0 Å². The van der Waals surface area contributed by atoms with Crippen molar-refractivity contribution in [3.05, 3.63) is 29.1 Å². The van der Waals surface area contributed by atoms with E-state index in [1.807, 2.05) is 0 Å². The molecule has 0 aliphatic rings. The molecule has 0 aliphatic carbocycles. The minimum absolute atomic E-state index is 0.193. The van der Waals surface area contributed by atoms with E-state index in [1.54, 1.807) is 0 Å². The van der Waals surface area contributed by atoms with Gasteiger partial charge >= 0.3 is 6.18 Å². The van der Waals surface area contributed by atoms with Crippen molar-refractivity contribution in [1.82, 2.24) is 0 Å². The van der Waals surface area contributed by atoms with Gasteiger partial charge in [0.15, 0.2) is 0 Å². The van der Waals surface area contributed by atoms with Crippen LogP contribution in [0.5, 0.6) is 0 Å². The summed E-state index contributed by atoms with van der Waals surface area (Å²) in [5, 5.41) is 8.39. The van der Waals surface area contributed by atoms with Crippen molar-refractivity contribution in [2.24, 2.45) is 0 Å². The van der Waals surface area contributed by atoms with Gasteiger partial charge in [0.1, 0.15) is 11.9 Å². The first-order valence-electron chi connectivity index (χ1n) is 3.36. The lowest BCUT2D eigenvalue weighted by atomic mass is 10.1. The zero-order valence-corrected chi connectivity index (χ0v) is 7.46. The fraction of sp³-hybridized carbons (Fsp3) is 0.125. The summed E-state index contributed by atoms with van der Waals surface area (Å²) in [7, 11) is 0. The number of halogens is 4. The Kier molecular flexibility index (Phi) is 2.71. The van der Waals surface area contributed by atoms with E-state index in [0.717, 1.165) is 0 Å². The fourth-order valence-corrected chi connectivity index (χ4v) is 1.11. The molecule has 1 aromatic rings. The van der Waals surface area contributed by atoms with Crippen LogP contribution in [0.2, 0.25) is 0 Å². The lowest BCUT2D eigenvalue weighted by molar-refractivity contribution is -0.140. The summed E-state index contributed by atoms with van der Waals surface area (Å²) in [6.07, 6.45) is -4.77. The van der Waals surface area contributed by atoms with Crippen LogP contribution in [0.3, 0.4) is 0 Å². The molecular weight excluding hydrogens is 218 g/mol. The average Bonchev–Trinajstić information content (AvgIpc) is 2.06. The summed E-state index contributed by atoms with van der Waals surface area (Å²) in [6, 6.07) is 2.55. The number of rotatable bonds is 0. The van der Waals surface area contributed by atoms with Crippen molar-refractivity contribution in [3.63, 3.8) is 0 Å². The second-order valence-corrected chi connectivity index (χ2v) is 2.94. The highest BCUT2D eigenvalue weighted by molar-refractivity contribution is 7.80. The molecule has 0 amide bonds. The molecule has 0 saturated carbocycles. The molecule has 0 saturated heterocycles. The number of nitriles is 1. The molecule has 0 radical (unpaired) electrons. The first-order chi connectivity index (χ1) is 6.36. The van der Waals surface area contributed by atoms with Crippen molar-refractivity contribution < 1.29 is 17.6 Å². The standard InChI is InChI=1S/C8H3F4NS/c9-6-1-4(3-13)7(14)2-5(6)8(10,11)12/h1-2,14H. The topological polar surface area (TPSA) is 23.8 Å². The zero-order valence-electron chi connectivity index (χ0n) is 6.56. The highest BCUT2D eigenvalue weighted by Gasteiger charge is 2.34. The van der Waals surface area contributed by atoms with Crippen LogP contribution in [0.25, 0.3) is 0 Å². The number of thiol groups is 1. The average molecular weight is 221 g/mol. The first-order valence-corrected chi connectivity index (χ1v) is 3.81. The van der Waals surface area contributed by atoms with E-state index < -0.39 is 17.6 Å². The predicted octanol–water partition coefficient (Wildman–Crippen LogP) is 3.00. The SMILES string of the molecule is N#Cc1cc(F)c(C(F)(F)F)cc1S. The van der Waals surface area contributed by atoms with Crippen molar-refractivity contribution in [2.75, 3.05) is 0 Å². The van der Waals surface area contributed by atoms with Gasteiger partial charge in [0.2, 0.25) is 0 Å². The normalized spacial score (nSPS) is 11.1. The quantitative estimate of drug-likeness (QED) is 0.528. The lowest BCUT2D eigenvalue weighted by Crippen LogP contribution is -2.08. The number of hydrogen-bond acceptors (Lipinski definition) is 2. The van der Waals surface area contributed by atoms with Gasteiger partial charge in [0.05, 0.1) is 11.1 Å². The van der Waals surface area contributed by atoms with Crippen LogP contribution in [0, 0.1) is 17.1 Å². The molecule has 1 rings (SSSR count). The number of benzene rings is 1. The van der Waals surface area contributed by atoms with E-state index in [2.05, 4.69) is 12.6 Å². The Hall–Kier alpha value is -1.22. The monoisotopic (exact) mass is 221 g/mol. The van der Waals surface area contributed by atoms with Crippen LogP contribution in [0.4, 0.5) is 17.6 Å². The zero-order chi connectivity index (χ0) is 10.9. The summed E-state index contributed by atoms with van der Waals surface area (Å²) in [5.74, 6) is -1.47. The third-order valence-corrected chi connectivity index (χ3v) is 1.88. The van der Waals surface area contributed by atoms with Crippen LogP contribution in [0.1, 0.15) is 11.1 Å². The van der Waals surface area contributed by atoms with E-state index in [-0.39, 0.29) is 10.5 Å². The smallest absolute Gasteiger partial charge is 0.206 e. The minimum atomic E-state index is -4.77. The molecule has 0 unspecified atom stereocenters. The summed E-state index contributed by atoms with van der Waals surface area (Å²) < 4.78 is 49.1. The molecule has 0 aromatic heterocycles. The van der Waals surface area contributed by atoms with Gasteiger partial charge in [-0.1, -0.05) is 0 Å². The maximum atomic E-state index is 12.8. The lowest BCUT2D eigenvalue weighted by Gasteiger charge is -2.08. The van der Waals surface area contributed by atoms with Gasteiger partial charge in [-0.25, -0.2) is 4.39 Å². The van der Waals surface area contributed by atoms with Crippen molar-refractivity contribution >= 4 is 12.6 Å². The number of alkyl halides is 3. The van der Waals surface area contributed by atoms with Crippen molar-refractivity contribution in [2.45, 2.75) is 11.1 Å². The van der Waals surface area contributed by atoms with E-state index in [4.69, 9.17) is 5.26 Å². The highest BCUT2D eigenvalue weighted by atomic mass is 32.1. The van der Waals surface area contributed by atoms with Crippen LogP contribution < -0.4 is 0 Å². The summed E-state index contributed by atoms with van der Waals surface area (Å²) >= 11 is 3.64. The molecule has 0 heterocycles. The fourth-order valence-electron chi connectivity index (χ4n) is 0.869. The molecule has 14 heavy (non-hydrogen) atoms. The summed E-state index contributed by atoms with van der Waals surface area (Å²) in [5.41, 5.74) is -1.64. The molecule has 0 atom stereocenters. The molecule has 0 bridgehead atoms. The Morgan fingerprint density at radius 2 is 1.86 bits per heavy atom. The van der Waals surface area contributed by atoms with Gasteiger partial charge in [-0.15, -0.1) is 12.6 Å². The highest BCUT2D eigenvalue weighted by Crippen LogP contribution is 2.33. The number of hydrogen-bond donors (Lipinski definition) is 1. The predicted molar refractivity (Wildman–Crippen MR) is 43.4 cm³/mol. The van der Waals surface area contributed by atoms with Gasteiger partial charge in [-0.2, -0.15) is 18.4 Å². The van der Waals surface area contributed by atoms with Gasteiger partial charge in [0.25, 0.3) is 0 Å². The van der Waals surface area contributed by atoms with Gasteiger partial charge in [0, 0.05) is 4.90 Å². The van der Waals surface area contributed by atoms with Crippen molar-refractivity contribution in [1.29, 1.82) is 5.26 Å². The van der Waals surface area contributed by atoms with E-state index >= 15 is 0 Å². The molecule has 0 N–H and O–H groups in total. The third-order valence-electron chi connectivity index (χ3n) is 1.51. The van der Waals surface area contributed by atoms with Crippen molar-refractivity contribution in [3.8, 4) is 6.07 Å². The van der Waals surface area contributed by atoms with Gasteiger partial charge < -0.3 is 0 Å². The summed E-state index contributed by atoms with van der Waals surface area (Å²) in [6.45, 7) is 0. The van der Waals surface area contributed by atoms with Crippen LogP contribution in [-0.2, 0) is 6.18 Å². The third kappa shape index (κ3) is 1.99. The van der Waals surface area contributed by atoms with E-state index in [1.165, 1.54) is 6.07 Å². The van der Waals surface area contributed by atoms with Gasteiger partial charge in [-0.05, 0) is 12.1 Å². The Balaban J connectivity index is 3.38. The molecule has 6 heteroatoms. The molecule has 0 spiro atoms. The largest absolute Gasteiger partial charge is 0.419 e. The van der Waals surface area contributed by atoms with E-state index in [9.17, 15) is 17.6 Å². The second kappa shape index (κ2) is 3.50. The Morgan fingerprint density at radius 3 is 2.29 bits per heavy atom. The molecule has 1 nitrogen and oxygen atoms in total. The Bertz CT molecular complexity index is 405. The van der Waals surface area contributed by atoms with Crippen LogP contribution in [-0.4, -0.2) is 0 Å².